The Morgan fingerprint density at radius 1 is 1.41 bits per heavy atom. The molecule has 0 unspecified atom stereocenters. The van der Waals surface area contributed by atoms with Crippen LogP contribution in [-0.2, 0) is 19.9 Å². The number of nitriles is 1. The fourth-order valence-corrected chi connectivity index (χ4v) is 2.80. The number of hydrogen-bond donors (Lipinski definition) is 1. The van der Waals surface area contributed by atoms with E-state index in [9.17, 15) is 22.8 Å². The van der Waals surface area contributed by atoms with Crippen LogP contribution in [0.3, 0.4) is 0 Å². The Morgan fingerprint density at radius 2 is 2.15 bits per heavy atom. The minimum absolute atomic E-state index is 0.0664. The molecule has 0 aromatic heterocycles. The van der Waals surface area contributed by atoms with Crippen LogP contribution in [0.1, 0.15) is 24.8 Å². The van der Waals surface area contributed by atoms with Gasteiger partial charge in [0, 0.05) is 18.1 Å². The second-order valence-electron chi connectivity index (χ2n) is 5.88. The Balaban J connectivity index is 2.36. The Bertz CT molecular complexity index is 760. The van der Waals surface area contributed by atoms with Gasteiger partial charge in [0.2, 0.25) is 5.91 Å². The highest BCUT2D eigenvalue weighted by molar-refractivity contribution is 5.81. The standard InChI is InChI=1S/C17H17F3N2O5/c1-25-15(24)9-16(22-14(23)4-6-21)5-7-26-13-8-11(2-3-12(13)16)27-10-17(18,19)20/h2-3,8H,4-5,7,9-10H2,1H3,(H,22,23)/t16-/m0/s1. The number of amides is 1. The molecule has 1 heterocycles. The first kappa shape index (κ1) is 20.4. The van der Waals surface area contributed by atoms with E-state index < -0.39 is 36.6 Å². The highest BCUT2D eigenvalue weighted by Crippen LogP contribution is 2.41. The number of esters is 1. The van der Waals surface area contributed by atoms with Gasteiger partial charge in [-0.05, 0) is 12.1 Å². The maximum absolute atomic E-state index is 12.3. The number of fused-ring (bicyclic) bond motifs is 1. The smallest absolute Gasteiger partial charge is 0.422 e. The molecule has 10 heteroatoms. The van der Waals surface area contributed by atoms with E-state index in [4.69, 9.17) is 14.7 Å². The molecule has 0 radical (unpaired) electrons. The van der Waals surface area contributed by atoms with E-state index in [1.807, 2.05) is 0 Å². The third-order valence-electron chi connectivity index (χ3n) is 3.95. The molecule has 0 saturated heterocycles. The van der Waals surface area contributed by atoms with E-state index in [0.717, 1.165) is 0 Å². The molecular formula is C17H17F3N2O5. The van der Waals surface area contributed by atoms with Gasteiger partial charge < -0.3 is 19.5 Å². The van der Waals surface area contributed by atoms with Crippen molar-refractivity contribution in [1.29, 1.82) is 5.26 Å². The fraction of sp³-hybridized carbons (Fsp3) is 0.471. The summed E-state index contributed by atoms with van der Waals surface area (Å²) in [5.74, 6) is -1.07. The van der Waals surface area contributed by atoms with Crippen LogP contribution in [0.25, 0.3) is 0 Å². The van der Waals surface area contributed by atoms with Crippen molar-refractivity contribution in [3.05, 3.63) is 23.8 Å². The van der Waals surface area contributed by atoms with Gasteiger partial charge in [0.1, 0.15) is 17.9 Å². The van der Waals surface area contributed by atoms with Crippen LogP contribution in [0.2, 0.25) is 0 Å². The molecule has 27 heavy (non-hydrogen) atoms. The summed E-state index contributed by atoms with van der Waals surface area (Å²) in [6, 6.07) is 5.71. The van der Waals surface area contributed by atoms with Crippen molar-refractivity contribution < 1.29 is 37.0 Å². The summed E-state index contributed by atoms with van der Waals surface area (Å²) in [6.45, 7) is -1.36. The molecule has 0 fully saturated rings. The Hall–Kier alpha value is -2.96. The van der Waals surface area contributed by atoms with E-state index in [1.54, 1.807) is 6.07 Å². The van der Waals surface area contributed by atoms with Gasteiger partial charge in [0.25, 0.3) is 0 Å². The minimum atomic E-state index is -4.49. The second kappa shape index (κ2) is 8.16. The van der Waals surface area contributed by atoms with Crippen LogP contribution >= 0.6 is 0 Å². The van der Waals surface area contributed by atoms with Gasteiger partial charge >= 0.3 is 12.1 Å². The summed E-state index contributed by atoms with van der Waals surface area (Å²) in [4.78, 5) is 23.9. The van der Waals surface area contributed by atoms with E-state index in [0.29, 0.717) is 5.56 Å². The SMILES string of the molecule is COC(=O)C[C@@]1(NC(=O)CC#N)CCOc2cc(OCC(F)(F)F)ccc21. The number of methoxy groups -OCH3 is 1. The third kappa shape index (κ3) is 5.26. The lowest BCUT2D eigenvalue weighted by molar-refractivity contribution is -0.153. The first-order chi connectivity index (χ1) is 12.7. The summed E-state index contributed by atoms with van der Waals surface area (Å²) in [5, 5.41) is 11.4. The average molecular weight is 386 g/mol. The zero-order valence-electron chi connectivity index (χ0n) is 14.4. The van der Waals surface area contributed by atoms with Crippen LogP contribution in [0.4, 0.5) is 13.2 Å². The highest BCUT2D eigenvalue weighted by atomic mass is 19.4. The molecule has 0 aliphatic carbocycles. The molecule has 146 valence electrons. The van der Waals surface area contributed by atoms with Crippen molar-refractivity contribution in [2.24, 2.45) is 0 Å². The predicted octanol–water partition coefficient (Wildman–Crippen LogP) is 2.20. The van der Waals surface area contributed by atoms with Gasteiger partial charge in [-0.3, -0.25) is 9.59 Å². The molecule has 1 aliphatic heterocycles. The van der Waals surface area contributed by atoms with Crippen molar-refractivity contribution in [3.63, 3.8) is 0 Å². The number of hydrogen-bond acceptors (Lipinski definition) is 6. The molecule has 2 rings (SSSR count). The van der Waals surface area contributed by atoms with E-state index >= 15 is 0 Å². The maximum atomic E-state index is 12.3. The summed E-state index contributed by atoms with van der Waals surface area (Å²) in [7, 11) is 1.20. The summed E-state index contributed by atoms with van der Waals surface area (Å²) >= 11 is 0. The molecule has 7 nitrogen and oxygen atoms in total. The zero-order chi connectivity index (χ0) is 20.1. The van der Waals surface area contributed by atoms with Crippen molar-refractivity contribution in [2.75, 3.05) is 20.3 Å². The molecular weight excluding hydrogens is 369 g/mol. The minimum Gasteiger partial charge on any atom is -0.493 e. The van der Waals surface area contributed by atoms with Crippen molar-refractivity contribution in [2.45, 2.75) is 31.0 Å². The van der Waals surface area contributed by atoms with Crippen LogP contribution in [0, 0.1) is 11.3 Å². The Kier molecular flexibility index (Phi) is 6.15. The van der Waals surface area contributed by atoms with Crippen LogP contribution in [0.5, 0.6) is 11.5 Å². The van der Waals surface area contributed by atoms with E-state index in [-0.39, 0.29) is 30.9 Å². The third-order valence-corrected chi connectivity index (χ3v) is 3.95. The largest absolute Gasteiger partial charge is 0.493 e. The highest BCUT2D eigenvalue weighted by Gasteiger charge is 2.41. The van der Waals surface area contributed by atoms with Crippen LogP contribution in [0.15, 0.2) is 18.2 Å². The van der Waals surface area contributed by atoms with E-state index in [2.05, 4.69) is 10.1 Å². The molecule has 0 saturated carbocycles. The number of carbonyl (C=O) groups excluding carboxylic acids is 2. The maximum Gasteiger partial charge on any atom is 0.422 e. The van der Waals surface area contributed by atoms with Gasteiger partial charge in [0.15, 0.2) is 6.61 Å². The lowest BCUT2D eigenvalue weighted by Crippen LogP contribution is -2.50. The number of ether oxygens (including phenoxy) is 3. The topological polar surface area (TPSA) is 97.7 Å². The number of nitrogens with one attached hydrogen (secondary N) is 1. The molecule has 0 spiro atoms. The average Bonchev–Trinajstić information content (AvgIpc) is 2.59. The Morgan fingerprint density at radius 3 is 2.78 bits per heavy atom. The van der Waals surface area contributed by atoms with Gasteiger partial charge in [-0.25, -0.2) is 0 Å². The van der Waals surface area contributed by atoms with Crippen molar-refractivity contribution in [1.82, 2.24) is 5.32 Å². The van der Waals surface area contributed by atoms with Crippen molar-refractivity contribution >= 4 is 11.9 Å². The Labute approximate surface area is 153 Å². The summed E-state index contributed by atoms with van der Waals surface area (Å²) < 4.78 is 51.8. The van der Waals surface area contributed by atoms with Gasteiger partial charge in [-0.2, -0.15) is 18.4 Å². The first-order valence-electron chi connectivity index (χ1n) is 7.91. The van der Waals surface area contributed by atoms with Gasteiger partial charge in [0.05, 0.1) is 31.7 Å². The zero-order valence-corrected chi connectivity index (χ0v) is 14.4. The quantitative estimate of drug-likeness (QED) is 0.753. The predicted molar refractivity (Wildman–Crippen MR) is 84.8 cm³/mol. The van der Waals surface area contributed by atoms with Crippen LogP contribution < -0.4 is 14.8 Å². The molecule has 1 atom stereocenters. The summed E-state index contributed by atoms with van der Waals surface area (Å²) in [6.07, 6.45) is -4.91. The number of halogens is 3. The van der Waals surface area contributed by atoms with Crippen LogP contribution in [-0.4, -0.2) is 38.4 Å². The number of alkyl halides is 3. The number of carbonyl (C=O) groups is 2. The first-order valence-corrected chi connectivity index (χ1v) is 7.91. The number of benzene rings is 1. The second-order valence-corrected chi connectivity index (χ2v) is 5.88. The lowest BCUT2D eigenvalue weighted by Gasteiger charge is -2.38. The van der Waals surface area contributed by atoms with Gasteiger partial charge in [-0.1, -0.05) is 0 Å². The summed E-state index contributed by atoms with van der Waals surface area (Å²) in [5.41, 5.74) is -0.804. The molecule has 1 aromatic carbocycles. The van der Waals surface area contributed by atoms with E-state index in [1.165, 1.54) is 25.3 Å². The molecule has 1 aliphatic rings. The van der Waals surface area contributed by atoms with Crippen molar-refractivity contribution in [3.8, 4) is 17.6 Å². The lowest BCUT2D eigenvalue weighted by atomic mass is 9.81. The molecule has 0 bridgehead atoms. The number of rotatable bonds is 6. The fourth-order valence-electron chi connectivity index (χ4n) is 2.80. The number of nitrogens with zero attached hydrogens (tertiary/aromatic N) is 1. The normalized spacial score (nSPS) is 18.5. The molecule has 1 aromatic rings. The van der Waals surface area contributed by atoms with Gasteiger partial charge in [-0.15, -0.1) is 0 Å². The monoisotopic (exact) mass is 386 g/mol. The molecule has 1 amide bonds. The molecule has 1 N–H and O–H groups in total.